The van der Waals surface area contributed by atoms with Crippen LogP contribution in [0.25, 0.3) is 0 Å². The molecule has 6 nitrogen and oxygen atoms in total. The Morgan fingerprint density at radius 2 is 1.81 bits per heavy atom. The molecule has 0 aliphatic carbocycles. The highest BCUT2D eigenvalue weighted by atomic mass is 35.5. The maximum Gasteiger partial charge on any atom is 0.291 e. The molecule has 2 aromatic heterocycles. The van der Waals surface area contributed by atoms with E-state index in [1.165, 1.54) is 18.4 Å². The van der Waals surface area contributed by atoms with Crippen LogP contribution in [0.4, 0.5) is 16.4 Å². The van der Waals surface area contributed by atoms with Crippen molar-refractivity contribution in [1.29, 1.82) is 0 Å². The standard InChI is InChI=1S/C17H13Cl2N3O3S/c1-8-5-13(22-16(23)12-3-2-4-25-12)26-15(8)17(24)21-9-6-10(18)14(20)11(19)7-9/h2-7H,20H2,1H3,(H,21,24)(H,22,23). The Morgan fingerprint density at radius 1 is 1.12 bits per heavy atom. The lowest BCUT2D eigenvalue weighted by molar-refractivity contribution is 0.0995. The lowest BCUT2D eigenvalue weighted by Crippen LogP contribution is -2.11. The minimum absolute atomic E-state index is 0.188. The van der Waals surface area contributed by atoms with Crippen LogP contribution in [0.5, 0.6) is 0 Å². The zero-order chi connectivity index (χ0) is 18.8. The molecule has 0 bridgehead atoms. The number of nitrogens with two attached hydrogens (primary N) is 1. The lowest BCUT2D eigenvalue weighted by Gasteiger charge is -2.08. The van der Waals surface area contributed by atoms with E-state index >= 15 is 0 Å². The summed E-state index contributed by atoms with van der Waals surface area (Å²) in [6, 6.07) is 7.92. The largest absolute Gasteiger partial charge is 0.459 e. The smallest absolute Gasteiger partial charge is 0.291 e. The summed E-state index contributed by atoms with van der Waals surface area (Å²) in [5, 5.41) is 6.45. The molecule has 0 saturated heterocycles. The average Bonchev–Trinajstić information content (AvgIpc) is 3.22. The second-order valence-corrected chi connectivity index (χ2v) is 7.23. The number of hydrogen-bond donors (Lipinski definition) is 3. The van der Waals surface area contributed by atoms with Crippen LogP contribution in [0.1, 0.15) is 25.8 Å². The van der Waals surface area contributed by atoms with Crippen LogP contribution in [-0.4, -0.2) is 11.8 Å². The molecule has 0 fully saturated rings. The fourth-order valence-electron chi connectivity index (χ4n) is 2.19. The summed E-state index contributed by atoms with van der Waals surface area (Å²) in [7, 11) is 0. The van der Waals surface area contributed by atoms with Crippen molar-refractivity contribution in [1.82, 2.24) is 0 Å². The first-order chi connectivity index (χ1) is 12.3. The molecule has 134 valence electrons. The van der Waals surface area contributed by atoms with Crippen molar-refractivity contribution in [3.8, 4) is 0 Å². The Balaban J connectivity index is 1.76. The summed E-state index contributed by atoms with van der Waals surface area (Å²) < 4.78 is 5.04. The molecule has 4 N–H and O–H groups in total. The molecule has 0 radical (unpaired) electrons. The van der Waals surface area contributed by atoms with Crippen molar-refractivity contribution in [3.05, 3.63) is 62.8 Å². The first-order valence-corrected chi connectivity index (χ1v) is 8.93. The summed E-state index contributed by atoms with van der Waals surface area (Å²) in [5.74, 6) is -0.545. The van der Waals surface area contributed by atoms with Crippen LogP contribution in [-0.2, 0) is 0 Å². The van der Waals surface area contributed by atoms with Crippen LogP contribution >= 0.6 is 34.5 Å². The van der Waals surface area contributed by atoms with E-state index in [1.54, 1.807) is 25.1 Å². The predicted molar refractivity (Wildman–Crippen MR) is 105 cm³/mol. The Bertz CT molecular complexity index is 960. The molecule has 0 aliphatic heterocycles. The van der Waals surface area contributed by atoms with Gasteiger partial charge in [-0.25, -0.2) is 0 Å². The van der Waals surface area contributed by atoms with E-state index in [4.69, 9.17) is 33.4 Å². The molecule has 0 unspecified atom stereocenters. The molecule has 3 aromatic rings. The number of furan rings is 1. The maximum absolute atomic E-state index is 12.5. The molecule has 0 atom stereocenters. The molecule has 0 spiro atoms. The van der Waals surface area contributed by atoms with Crippen molar-refractivity contribution >= 4 is 62.7 Å². The van der Waals surface area contributed by atoms with Gasteiger partial charge in [0.05, 0.1) is 31.9 Å². The van der Waals surface area contributed by atoms with Gasteiger partial charge in [0.2, 0.25) is 0 Å². The van der Waals surface area contributed by atoms with Crippen LogP contribution in [0.3, 0.4) is 0 Å². The average molecular weight is 410 g/mol. The van der Waals surface area contributed by atoms with Gasteiger partial charge in [-0.3, -0.25) is 9.59 Å². The number of aryl methyl sites for hydroxylation is 1. The summed E-state index contributed by atoms with van der Waals surface area (Å²) in [4.78, 5) is 25.0. The maximum atomic E-state index is 12.5. The Hall–Kier alpha value is -2.48. The van der Waals surface area contributed by atoms with Gasteiger partial charge in [0.25, 0.3) is 11.8 Å². The summed E-state index contributed by atoms with van der Waals surface area (Å²) >= 11 is 13.1. The number of anilines is 3. The van der Waals surface area contributed by atoms with Crippen LogP contribution in [0.15, 0.2) is 41.0 Å². The number of carbonyl (C=O) groups is 2. The van der Waals surface area contributed by atoms with E-state index < -0.39 is 0 Å². The van der Waals surface area contributed by atoms with Crippen molar-refractivity contribution in [2.24, 2.45) is 0 Å². The van der Waals surface area contributed by atoms with E-state index in [9.17, 15) is 9.59 Å². The number of amides is 2. The number of hydrogen-bond acceptors (Lipinski definition) is 5. The zero-order valence-electron chi connectivity index (χ0n) is 13.4. The number of nitrogens with one attached hydrogen (secondary N) is 2. The van der Waals surface area contributed by atoms with Gasteiger partial charge < -0.3 is 20.8 Å². The second kappa shape index (κ2) is 7.41. The summed E-state index contributed by atoms with van der Waals surface area (Å²) in [6.07, 6.45) is 1.41. The third kappa shape index (κ3) is 3.85. The van der Waals surface area contributed by atoms with Crippen LogP contribution in [0.2, 0.25) is 10.0 Å². The van der Waals surface area contributed by atoms with E-state index in [0.717, 1.165) is 16.9 Å². The molecule has 0 saturated carbocycles. The quantitative estimate of drug-likeness (QED) is 0.525. The van der Waals surface area contributed by atoms with Gasteiger partial charge in [-0.2, -0.15) is 0 Å². The molecule has 2 amide bonds. The number of rotatable bonds is 4. The van der Waals surface area contributed by atoms with Crippen LogP contribution in [0, 0.1) is 6.92 Å². The lowest BCUT2D eigenvalue weighted by atomic mass is 10.2. The normalized spacial score (nSPS) is 10.6. The highest BCUT2D eigenvalue weighted by molar-refractivity contribution is 7.18. The Kier molecular flexibility index (Phi) is 5.22. The van der Waals surface area contributed by atoms with E-state index in [-0.39, 0.29) is 33.3 Å². The van der Waals surface area contributed by atoms with Gasteiger partial charge in [-0.15, -0.1) is 11.3 Å². The molecule has 1 aromatic carbocycles. The fraction of sp³-hybridized carbons (Fsp3) is 0.0588. The zero-order valence-corrected chi connectivity index (χ0v) is 15.8. The van der Waals surface area contributed by atoms with Gasteiger partial charge in [0.1, 0.15) is 0 Å². The van der Waals surface area contributed by atoms with E-state index in [1.807, 2.05) is 0 Å². The number of halogens is 2. The SMILES string of the molecule is Cc1cc(NC(=O)c2ccco2)sc1C(=O)Nc1cc(Cl)c(N)c(Cl)c1. The minimum Gasteiger partial charge on any atom is -0.459 e. The monoisotopic (exact) mass is 409 g/mol. The predicted octanol–water partition coefficient (Wildman–Crippen LogP) is 5.04. The minimum atomic E-state index is -0.389. The third-order valence-corrected chi connectivity index (χ3v) is 5.22. The van der Waals surface area contributed by atoms with Crippen molar-refractivity contribution in [3.63, 3.8) is 0 Å². The topological polar surface area (TPSA) is 97.4 Å². The van der Waals surface area contributed by atoms with E-state index in [2.05, 4.69) is 10.6 Å². The number of nitrogen functional groups attached to an aromatic ring is 1. The number of benzene rings is 1. The summed E-state index contributed by atoms with van der Waals surface area (Å²) in [5.41, 5.74) is 7.08. The first kappa shape index (κ1) is 18.3. The molecular formula is C17H13Cl2N3O3S. The van der Waals surface area contributed by atoms with Gasteiger partial charge in [-0.05, 0) is 42.8 Å². The number of thiophene rings is 1. The highest BCUT2D eigenvalue weighted by Crippen LogP contribution is 2.32. The molecule has 3 rings (SSSR count). The molecular weight excluding hydrogens is 397 g/mol. The Morgan fingerprint density at radius 3 is 2.42 bits per heavy atom. The second-order valence-electron chi connectivity index (χ2n) is 5.36. The van der Waals surface area contributed by atoms with Crippen LogP contribution < -0.4 is 16.4 Å². The molecule has 26 heavy (non-hydrogen) atoms. The van der Waals surface area contributed by atoms with Gasteiger partial charge in [-0.1, -0.05) is 23.2 Å². The summed E-state index contributed by atoms with van der Waals surface area (Å²) in [6.45, 7) is 1.77. The molecule has 2 heterocycles. The van der Waals surface area contributed by atoms with Crippen molar-refractivity contribution in [2.45, 2.75) is 6.92 Å². The van der Waals surface area contributed by atoms with E-state index in [0.29, 0.717) is 15.6 Å². The van der Waals surface area contributed by atoms with Gasteiger partial charge >= 0.3 is 0 Å². The molecule has 9 heteroatoms. The third-order valence-electron chi connectivity index (χ3n) is 3.44. The van der Waals surface area contributed by atoms with Gasteiger partial charge in [0.15, 0.2) is 5.76 Å². The first-order valence-electron chi connectivity index (χ1n) is 7.36. The molecule has 0 aliphatic rings. The Labute approximate surface area is 162 Å². The van der Waals surface area contributed by atoms with Gasteiger partial charge in [0, 0.05) is 5.69 Å². The number of carbonyl (C=O) groups excluding carboxylic acids is 2. The van der Waals surface area contributed by atoms with Crippen molar-refractivity contribution in [2.75, 3.05) is 16.4 Å². The highest BCUT2D eigenvalue weighted by Gasteiger charge is 2.17. The fourth-order valence-corrected chi connectivity index (χ4v) is 3.64. The van der Waals surface area contributed by atoms with Crippen molar-refractivity contribution < 1.29 is 14.0 Å².